The number of rotatable bonds is 0. The van der Waals surface area contributed by atoms with Crippen molar-refractivity contribution in [2.45, 2.75) is 0 Å². The molecule has 0 rings (SSSR count). The van der Waals surface area contributed by atoms with Gasteiger partial charge in [0.25, 0.3) is 0 Å². The van der Waals surface area contributed by atoms with E-state index in [1.165, 1.54) is 0 Å². The van der Waals surface area contributed by atoms with E-state index in [-0.39, 0.29) is 116 Å². The van der Waals surface area contributed by atoms with Gasteiger partial charge in [-0.15, -0.1) is 0 Å². The number of hydrogen-bond acceptors (Lipinski definition) is 1. The summed E-state index contributed by atoms with van der Waals surface area (Å²) in [6, 6.07) is 0. The summed E-state index contributed by atoms with van der Waals surface area (Å²) in [6.45, 7) is 0. The largest absolute Gasteiger partial charge is 0.230 e. The van der Waals surface area contributed by atoms with Crippen molar-refractivity contribution in [2.24, 2.45) is 0 Å². The minimum atomic E-state index is 0. The SMILES string of the molecule is BrOBr.[Bi].[Cs].[W]. The van der Waals surface area contributed by atoms with Crippen LogP contribution in [0.2, 0.25) is 0 Å². The maximum atomic E-state index is 3.88. The Labute approximate surface area is 147 Å². The smallest absolute Gasteiger partial charge is 0.115 e. The molecule has 0 atom stereocenters. The van der Waals surface area contributed by atoms with Gasteiger partial charge in [0.15, 0.2) is 0 Å². The first-order valence-corrected chi connectivity index (χ1v) is 1.60. The van der Waals surface area contributed by atoms with Gasteiger partial charge < -0.3 is 0 Å². The van der Waals surface area contributed by atoms with Crippen molar-refractivity contribution in [1.82, 2.24) is 0 Å². The van der Waals surface area contributed by atoms with Crippen LogP contribution in [0.3, 0.4) is 0 Å². The van der Waals surface area contributed by atoms with Crippen LogP contribution in [0.4, 0.5) is 0 Å². The van der Waals surface area contributed by atoms with Crippen LogP contribution in [0.15, 0.2) is 0 Å². The van der Waals surface area contributed by atoms with E-state index in [1.807, 2.05) is 0 Å². The van der Waals surface area contributed by atoms with Crippen LogP contribution in [0.25, 0.3) is 0 Å². The second-order valence-corrected chi connectivity index (χ2v) is 1.57. The predicted octanol–water partition coefficient (Wildman–Crippen LogP) is 0.859. The first-order chi connectivity index (χ1) is 1.41. The molecule has 0 N–H and O–H groups in total. The van der Waals surface area contributed by atoms with E-state index >= 15 is 0 Å². The third-order valence-corrected chi connectivity index (χ3v) is 0. The molecule has 0 aliphatic carbocycles. The fourth-order valence-corrected chi connectivity index (χ4v) is 0. The van der Waals surface area contributed by atoms with Crippen LogP contribution in [0.5, 0.6) is 0 Å². The Morgan fingerprint density at radius 1 is 1.17 bits per heavy atom. The van der Waals surface area contributed by atoms with E-state index < -0.39 is 0 Å². The molecule has 0 saturated heterocycles. The molecule has 32 valence electrons. The van der Waals surface area contributed by atoms with E-state index in [0.717, 1.165) is 0 Å². The van der Waals surface area contributed by atoms with Crippen LogP contribution >= 0.6 is 32.5 Å². The van der Waals surface area contributed by atoms with Gasteiger partial charge in [-0.1, -0.05) is 0 Å². The van der Waals surface area contributed by atoms with Gasteiger partial charge in [-0.25, -0.2) is 2.92 Å². The zero-order valence-electron chi connectivity index (χ0n) is 3.02. The summed E-state index contributed by atoms with van der Waals surface area (Å²) in [7, 11) is 0. The molecule has 0 aliphatic heterocycles. The Balaban J connectivity index is -0.00000000667. The normalized spacial score (nSPS) is 3.00. The monoisotopic (exact) mass is 700 g/mol. The molecule has 0 aromatic carbocycles. The van der Waals surface area contributed by atoms with Crippen molar-refractivity contribution in [3.05, 3.63) is 0 Å². The van der Waals surface area contributed by atoms with Gasteiger partial charge in [0.05, 0.1) is 0 Å². The average Bonchev–Trinajstić information content (AvgIpc) is 0.918. The molecule has 0 fully saturated rings. The van der Waals surface area contributed by atoms with Crippen molar-refractivity contribution in [3.63, 3.8) is 0 Å². The molecule has 6 heteroatoms. The molecule has 6 heavy (non-hydrogen) atoms. The first kappa shape index (κ1) is 22.4. The van der Waals surface area contributed by atoms with Crippen LogP contribution in [0, 0.1) is 0 Å². The maximum absolute atomic E-state index is 3.88. The molecule has 0 bridgehead atoms. The van der Waals surface area contributed by atoms with E-state index in [9.17, 15) is 0 Å². The fourth-order valence-electron chi connectivity index (χ4n) is 0. The Kier molecular flexibility index (Phi) is 84.7. The van der Waals surface area contributed by atoms with Crippen molar-refractivity contribution in [3.8, 4) is 0 Å². The molecule has 1 nitrogen and oxygen atoms in total. The van der Waals surface area contributed by atoms with E-state index in [2.05, 4.69) is 35.4 Å². The minimum Gasteiger partial charge on any atom is -0.230 e. The summed E-state index contributed by atoms with van der Waals surface area (Å²) in [6.07, 6.45) is 0. The van der Waals surface area contributed by atoms with Crippen molar-refractivity contribution < 1.29 is 24.0 Å². The summed E-state index contributed by atoms with van der Waals surface area (Å²) >= 11 is 5.12. The molecule has 0 aromatic rings. The second kappa shape index (κ2) is 22.7. The molecule has 0 unspecified atom stereocenters. The fraction of sp³-hybridized carbons (Fsp3) is 0. The van der Waals surface area contributed by atoms with Gasteiger partial charge >= 0.3 is 0 Å². The molecule has 0 heterocycles. The minimum absolute atomic E-state index is 0. The molecule has 0 aliphatic rings. The van der Waals surface area contributed by atoms with E-state index in [1.54, 1.807) is 0 Å². The predicted molar refractivity (Wildman–Crippen MR) is 30.4 cm³/mol. The van der Waals surface area contributed by atoms with Gasteiger partial charge in [-0.2, -0.15) is 0 Å². The Morgan fingerprint density at radius 3 is 1.17 bits per heavy atom. The van der Waals surface area contributed by atoms with Crippen LogP contribution in [-0.2, 0) is 24.0 Å². The Bertz CT molecular complexity index is 13.5. The van der Waals surface area contributed by atoms with Crippen molar-refractivity contribution in [2.75, 3.05) is 0 Å². The standard InChI is InChI=1S/Bi.Br2O.Cs.W/c;1-3-2;;. The van der Waals surface area contributed by atoms with E-state index in [0.29, 0.717) is 0 Å². The Hall–Kier alpha value is 4.54. The Morgan fingerprint density at radius 2 is 1.17 bits per heavy atom. The van der Waals surface area contributed by atoms with Crippen LogP contribution < -0.4 is 0 Å². The summed E-state index contributed by atoms with van der Waals surface area (Å²) in [4.78, 5) is 0. The third kappa shape index (κ3) is 23.6. The number of hydrogen-bond donors (Lipinski definition) is 0. The molecular formula is BiBr2CsOW. The first-order valence-electron chi connectivity index (χ1n) is 0.309. The van der Waals surface area contributed by atoms with Gasteiger partial charge in [-0.05, 0) is 0 Å². The third-order valence-electron chi connectivity index (χ3n) is 0. The summed E-state index contributed by atoms with van der Waals surface area (Å²) in [5.41, 5.74) is 0. The molecule has 4 radical (unpaired) electrons. The van der Waals surface area contributed by atoms with Crippen molar-refractivity contribution >= 4 is 128 Å². The van der Waals surface area contributed by atoms with Crippen molar-refractivity contribution in [1.29, 1.82) is 0 Å². The van der Waals surface area contributed by atoms with Crippen LogP contribution in [0.1, 0.15) is 0 Å². The van der Waals surface area contributed by atoms with Gasteiger partial charge in [-0.3, -0.25) is 0 Å². The molecule has 0 aromatic heterocycles. The van der Waals surface area contributed by atoms with Gasteiger partial charge in [0, 0.05) is 116 Å². The van der Waals surface area contributed by atoms with E-state index in [4.69, 9.17) is 0 Å². The second-order valence-electron chi connectivity index (χ2n) is 0.0583. The topological polar surface area (TPSA) is 9.23 Å². The summed E-state index contributed by atoms with van der Waals surface area (Å²) < 4.78 is 3.88. The average molecular weight is 702 g/mol. The molecule has 0 saturated carbocycles. The summed E-state index contributed by atoms with van der Waals surface area (Å²) in [5.74, 6) is 0. The summed E-state index contributed by atoms with van der Waals surface area (Å²) in [5, 5.41) is 0. The molecule has 0 amide bonds. The van der Waals surface area contributed by atoms with Crippen LogP contribution in [-0.4, -0.2) is 95.1 Å². The zero-order valence-corrected chi connectivity index (χ0v) is 18.9. The maximum Gasteiger partial charge on any atom is 0.115 e. The number of halogens is 2. The molecular weight excluding hydrogens is 702 g/mol. The van der Waals surface area contributed by atoms with Gasteiger partial charge in [0.1, 0.15) is 32.5 Å². The molecule has 0 spiro atoms. The quantitative estimate of drug-likeness (QED) is 0.341. The van der Waals surface area contributed by atoms with Gasteiger partial charge in [0.2, 0.25) is 0 Å². The zero-order chi connectivity index (χ0) is 2.71.